The summed E-state index contributed by atoms with van der Waals surface area (Å²) in [5, 5.41) is 8.61. The largest absolute Gasteiger partial charge is 0.352 e. The summed E-state index contributed by atoms with van der Waals surface area (Å²) in [7, 11) is 0. The number of hydrogen-bond acceptors (Lipinski definition) is 5. The van der Waals surface area contributed by atoms with E-state index in [0.717, 1.165) is 16.9 Å². The zero-order chi connectivity index (χ0) is 24.8. The van der Waals surface area contributed by atoms with Crippen molar-refractivity contribution < 1.29 is 14.0 Å². The van der Waals surface area contributed by atoms with Crippen LogP contribution in [0.25, 0.3) is 11.3 Å². The molecule has 35 heavy (non-hydrogen) atoms. The SMILES string of the molecule is CC(C)N(CC(=O)N1CCN(c2ccc(-c3ccc(F)cc3)nn2)CC1)C(=O)Cc1ccccc1. The van der Waals surface area contributed by atoms with Gasteiger partial charge >= 0.3 is 0 Å². The van der Waals surface area contributed by atoms with Gasteiger partial charge in [0.1, 0.15) is 5.82 Å². The Balaban J connectivity index is 1.31. The van der Waals surface area contributed by atoms with Gasteiger partial charge in [-0.15, -0.1) is 10.2 Å². The fraction of sp³-hybridized carbons (Fsp3) is 0.333. The van der Waals surface area contributed by atoms with E-state index in [1.165, 1.54) is 12.1 Å². The second kappa shape index (κ2) is 11.1. The molecule has 1 aromatic heterocycles. The Labute approximate surface area is 205 Å². The van der Waals surface area contributed by atoms with E-state index in [1.807, 2.05) is 61.2 Å². The smallest absolute Gasteiger partial charge is 0.242 e. The van der Waals surface area contributed by atoms with Crippen molar-refractivity contribution in [1.82, 2.24) is 20.0 Å². The zero-order valence-corrected chi connectivity index (χ0v) is 20.1. The number of halogens is 1. The molecule has 4 rings (SSSR count). The summed E-state index contributed by atoms with van der Waals surface area (Å²) in [5.41, 5.74) is 2.42. The van der Waals surface area contributed by atoms with Crippen LogP contribution in [0.15, 0.2) is 66.7 Å². The first-order chi connectivity index (χ1) is 16.9. The molecule has 3 aromatic rings. The van der Waals surface area contributed by atoms with Gasteiger partial charge in [-0.1, -0.05) is 30.3 Å². The number of rotatable bonds is 7. The summed E-state index contributed by atoms with van der Waals surface area (Å²) in [5.74, 6) is 0.361. The topological polar surface area (TPSA) is 69.6 Å². The Morgan fingerprint density at radius 2 is 1.60 bits per heavy atom. The average molecular weight is 476 g/mol. The molecule has 1 saturated heterocycles. The lowest BCUT2D eigenvalue weighted by Crippen LogP contribution is -2.53. The number of carbonyl (C=O) groups is 2. The average Bonchev–Trinajstić information content (AvgIpc) is 2.88. The maximum atomic E-state index is 13.1. The zero-order valence-electron chi connectivity index (χ0n) is 20.1. The van der Waals surface area contributed by atoms with Gasteiger partial charge in [0.2, 0.25) is 11.8 Å². The summed E-state index contributed by atoms with van der Waals surface area (Å²) in [6.07, 6.45) is 0.284. The second-order valence-electron chi connectivity index (χ2n) is 8.93. The van der Waals surface area contributed by atoms with Crippen LogP contribution in [0.3, 0.4) is 0 Å². The number of benzene rings is 2. The highest BCUT2D eigenvalue weighted by molar-refractivity contribution is 5.86. The van der Waals surface area contributed by atoms with Crippen molar-refractivity contribution >= 4 is 17.6 Å². The first-order valence-corrected chi connectivity index (χ1v) is 11.9. The van der Waals surface area contributed by atoms with Crippen LogP contribution in [0, 0.1) is 5.82 Å². The fourth-order valence-electron chi connectivity index (χ4n) is 4.13. The normalized spacial score (nSPS) is 13.7. The summed E-state index contributed by atoms with van der Waals surface area (Å²) in [6.45, 7) is 6.32. The number of amides is 2. The lowest BCUT2D eigenvalue weighted by molar-refractivity contribution is -0.141. The third-order valence-electron chi connectivity index (χ3n) is 6.19. The Morgan fingerprint density at radius 1 is 0.914 bits per heavy atom. The van der Waals surface area contributed by atoms with Crippen LogP contribution in [0.2, 0.25) is 0 Å². The van der Waals surface area contributed by atoms with E-state index in [0.29, 0.717) is 31.9 Å². The van der Waals surface area contributed by atoms with Gasteiger partial charge in [-0.25, -0.2) is 4.39 Å². The lowest BCUT2D eigenvalue weighted by atomic mass is 10.1. The van der Waals surface area contributed by atoms with Crippen molar-refractivity contribution in [3.8, 4) is 11.3 Å². The van der Waals surface area contributed by atoms with Gasteiger partial charge in [0.15, 0.2) is 5.82 Å². The summed E-state index contributed by atoms with van der Waals surface area (Å²) in [6, 6.07) is 19.4. The van der Waals surface area contributed by atoms with E-state index in [9.17, 15) is 14.0 Å². The number of aromatic nitrogens is 2. The minimum Gasteiger partial charge on any atom is -0.352 e. The van der Waals surface area contributed by atoms with E-state index >= 15 is 0 Å². The number of hydrogen-bond donors (Lipinski definition) is 0. The molecule has 0 unspecified atom stereocenters. The molecular weight excluding hydrogens is 445 g/mol. The molecule has 8 heteroatoms. The Kier molecular flexibility index (Phi) is 7.70. The Morgan fingerprint density at radius 3 is 2.20 bits per heavy atom. The van der Waals surface area contributed by atoms with Crippen molar-refractivity contribution in [2.45, 2.75) is 26.3 Å². The van der Waals surface area contributed by atoms with Gasteiger partial charge in [-0.05, 0) is 55.8 Å². The van der Waals surface area contributed by atoms with Crippen LogP contribution in [-0.2, 0) is 16.0 Å². The van der Waals surface area contributed by atoms with Crippen LogP contribution >= 0.6 is 0 Å². The van der Waals surface area contributed by atoms with Crippen LogP contribution in [0.1, 0.15) is 19.4 Å². The summed E-state index contributed by atoms with van der Waals surface area (Å²) < 4.78 is 13.1. The fourth-order valence-corrected chi connectivity index (χ4v) is 4.13. The van der Waals surface area contributed by atoms with E-state index in [4.69, 9.17) is 0 Å². The third kappa shape index (κ3) is 6.20. The molecule has 2 amide bonds. The monoisotopic (exact) mass is 475 g/mol. The molecule has 2 aromatic carbocycles. The first kappa shape index (κ1) is 24.3. The minimum absolute atomic E-state index is 0.0440. The minimum atomic E-state index is -0.289. The predicted molar refractivity (Wildman–Crippen MR) is 133 cm³/mol. The number of anilines is 1. The van der Waals surface area contributed by atoms with Gasteiger partial charge in [-0.3, -0.25) is 9.59 Å². The van der Waals surface area contributed by atoms with Crippen molar-refractivity contribution in [1.29, 1.82) is 0 Å². The van der Waals surface area contributed by atoms with Gasteiger partial charge < -0.3 is 14.7 Å². The van der Waals surface area contributed by atoms with Gasteiger partial charge in [0, 0.05) is 37.8 Å². The van der Waals surface area contributed by atoms with Crippen molar-refractivity contribution in [3.63, 3.8) is 0 Å². The van der Waals surface area contributed by atoms with Crippen molar-refractivity contribution in [2.75, 3.05) is 37.6 Å². The van der Waals surface area contributed by atoms with Gasteiger partial charge in [0.25, 0.3) is 0 Å². The van der Waals surface area contributed by atoms with Crippen LogP contribution in [0.4, 0.5) is 10.2 Å². The number of piperazine rings is 1. The third-order valence-corrected chi connectivity index (χ3v) is 6.19. The Bertz CT molecular complexity index is 1130. The molecule has 0 spiro atoms. The molecule has 0 N–H and O–H groups in total. The summed E-state index contributed by atoms with van der Waals surface area (Å²) in [4.78, 5) is 31.4. The molecule has 1 fully saturated rings. The lowest BCUT2D eigenvalue weighted by Gasteiger charge is -2.36. The maximum absolute atomic E-state index is 13.1. The van der Waals surface area contributed by atoms with E-state index in [-0.39, 0.29) is 36.6 Å². The van der Waals surface area contributed by atoms with Crippen LogP contribution < -0.4 is 4.90 Å². The molecule has 0 saturated carbocycles. The van der Waals surface area contributed by atoms with Crippen molar-refractivity contribution in [2.24, 2.45) is 0 Å². The van der Waals surface area contributed by atoms with E-state index in [1.54, 1.807) is 17.0 Å². The van der Waals surface area contributed by atoms with Gasteiger partial charge in [-0.2, -0.15) is 0 Å². The molecule has 1 aliphatic rings. The standard InChI is InChI=1S/C27H30FN5O2/c1-20(2)33(26(34)18-21-6-4-3-5-7-21)19-27(35)32-16-14-31(15-17-32)25-13-12-24(29-30-25)22-8-10-23(28)11-9-22/h3-13,20H,14-19H2,1-2H3. The highest BCUT2D eigenvalue weighted by Gasteiger charge is 2.26. The molecule has 0 aliphatic carbocycles. The maximum Gasteiger partial charge on any atom is 0.242 e. The highest BCUT2D eigenvalue weighted by Crippen LogP contribution is 2.20. The first-order valence-electron chi connectivity index (χ1n) is 11.9. The predicted octanol–water partition coefficient (Wildman–Crippen LogP) is 3.41. The molecule has 0 radical (unpaired) electrons. The van der Waals surface area contributed by atoms with E-state index in [2.05, 4.69) is 15.1 Å². The molecule has 1 aliphatic heterocycles. The highest BCUT2D eigenvalue weighted by atomic mass is 19.1. The quantitative estimate of drug-likeness (QED) is 0.524. The molecule has 0 bridgehead atoms. The Hall–Kier alpha value is -3.81. The van der Waals surface area contributed by atoms with Crippen molar-refractivity contribution in [3.05, 3.63) is 78.1 Å². The molecular formula is C27H30FN5O2. The molecule has 7 nitrogen and oxygen atoms in total. The number of carbonyl (C=O) groups excluding carboxylic acids is 2. The van der Waals surface area contributed by atoms with Crippen LogP contribution in [-0.4, -0.2) is 70.6 Å². The molecule has 0 atom stereocenters. The number of nitrogens with zero attached hydrogens (tertiary/aromatic N) is 5. The van der Waals surface area contributed by atoms with Gasteiger partial charge in [0.05, 0.1) is 18.7 Å². The van der Waals surface area contributed by atoms with Crippen LogP contribution in [0.5, 0.6) is 0 Å². The van der Waals surface area contributed by atoms with E-state index < -0.39 is 0 Å². The molecule has 182 valence electrons. The molecule has 2 heterocycles. The second-order valence-corrected chi connectivity index (χ2v) is 8.93. The summed E-state index contributed by atoms with van der Waals surface area (Å²) >= 11 is 0.